The van der Waals surface area contributed by atoms with E-state index in [4.69, 9.17) is 9.84 Å². The molecule has 15 heavy (non-hydrogen) atoms. The van der Waals surface area contributed by atoms with Crippen molar-refractivity contribution in [3.8, 4) is 0 Å². The normalized spacial score (nSPS) is 13.1. The van der Waals surface area contributed by atoms with E-state index in [-0.39, 0.29) is 6.61 Å². The van der Waals surface area contributed by atoms with Gasteiger partial charge in [-0.2, -0.15) is 0 Å². The van der Waals surface area contributed by atoms with Gasteiger partial charge in [0.2, 0.25) is 0 Å². The molecular formula is C9H19NO4Si. The topological polar surface area (TPSA) is 66.8 Å². The predicted molar refractivity (Wildman–Crippen MR) is 59.3 cm³/mol. The SMILES string of the molecule is CCOC(=O)N(C(C)C(=O)O)[Si](C)(C)C. The van der Waals surface area contributed by atoms with E-state index in [0.717, 1.165) is 0 Å². The van der Waals surface area contributed by atoms with Crippen LogP contribution in [0.25, 0.3) is 0 Å². The van der Waals surface area contributed by atoms with Gasteiger partial charge in [-0.15, -0.1) is 0 Å². The highest BCUT2D eigenvalue weighted by Crippen LogP contribution is 2.15. The van der Waals surface area contributed by atoms with Crippen LogP contribution in [0.1, 0.15) is 13.8 Å². The maximum absolute atomic E-state index is 11.6. The fraction of sp³-hybridized carbons (Fsp3) is 0.778. The number of carbonyl (C=O) groups excluding carboxylic acids is 1. The number of hydrogen-bond donors (Lipinski definition) is 1. The van der Waals surface area contributed by atoms with Gasteiger partial charge in [-0.05, 0) is 13.8 Å². The monoisotopic (exact) mass is 233 g/mol. The Bertz CT molecular complexity index is 249. The van der Waals surface area contributed by atoms with Crippen LogP contribution in [-0.4, -0.2) is 42.6 Å². The van der Waals surface area contributed by atoms with Crippen LogP contribution in [0.4, 0.5) is 4.79 Å². The Morgan fingerprint density at radius 2 is 1.87 bits per heavy atom. The molecule has 0 aromatic rings. The molecule has 0 saturated carbocycles. The zero-order valence-electron chi connectivity index (χ0n) is 9.90. The fourth-order valence-electron chi connectivity index (χ4n) is 1.32. The summed E-state index contributed by atoms with van der Waals surface area (Å²) in [6.07, 6.45) is -0.536. The second-order valence-electron chi connectivity index (χ2n) is 4.25. The number of rotatable bonds is 4. The van der Waals surface area contributed by atoms with E-state index in [1.807, 2.05) is 19.6 Å². The lowest BCUT2D eigenvalue weighted by molar-refractivity contribution is -0.140. The first-order valence-corrected chi connectivity index (χ1v) is 8.35. The lowest BCUT2D eigenvalue weighted by Crippen LogP contribution is -2.56. The first kappa shape index (κ1) is 14.0. The van der Waals surface area contributed by atoms with E-state index in [2.05, 4.69) is 0 Å². The lowest BCUT2D eigenvalue weighted by atomic mass is 10.3. The molecule has 0 rings (SSSR count). The van der Waals surface area contributed by atoms with Crippen LogP contribution >= 0.6 is 0 Å². The summed E-state index contributed by atoms with van der Waals surface area (Å²) in [4.78, 5) is 22.5. The smallest absolute Gasteiger partial charge is 0.402 e. The maximum Gasteiger partial charge on any atom is 0.402 e. The van der Waals surface area contributed by atoms with Gasteiger partial charge in [0.25, 0.3) is 0 Å². The van der Waals surface area contributed by atoms with Crippen molar-refractivity contribution >= 4 is 20.3 Å². The summed E-state index contributed by atoms with van der Waals surface area (Å²) in [5, 5.41) is 8.91. The molecule has 0 bridgehead atoms. The summed E-state index contributed by atoms with van der Waals surface area (Å²) in [6.45, 7) is 9.17. The molecule has 1 unspecified atom stereocenters. The highest BCUT2D eigenvalue weighted by atomic mass is 28.3. The summed E-state index contributed by atoms with van der Waals surface area (Å²) in [6, 6.07) is -0.837. The zero-order valence-corrected chi connectivity index (χ0v) is 10.9. The maximum atomic E-state index is 11.6. The Labute approximate surface area is 91.1 Å². The van der Waals surface area contributed by atoms with Crippen molar-refractivity contribution < 1.29 is 19.4 Å². The molecule has 0 aliphatic carbocycles. The van der Waals surface area contributed by atoms with Gasteiger partial charge >= 0.3 is 12.1 Å². The minimum atomic E-state index is -2.03. The Morgan fingerprint density at radius 1 is 1.40 bits per heavy atom. The van der Waals surface area contributed by atoms with Crippen LogP contribution < -0.4 is 0 Å². The summed E-state index contributed by atoms with van der Waals surface area (Å²) >= 11 is 0. The molecular weight excluding hydrogens is 214 g/mol. The molecule has 0 aliphatic rings. The lowest BCUT2D eigenvalue weighted by Gasteiger charge is -2.35. The molecule has 1 N–H and O–H groups in total. The van der Waals surface area contributed by atoms with Crippen LogP contribution in [0.5, 0.6) is 0 Å². The molecule has 0 spiro atoms. The molecule has 0 saturated heterocycles. The van der Waals surface area contributed by atoms with E-state index < -0.39 is 26.3 Å². The number of aliphatic carboxylic acids is 1. The summed E-state index contributed by atoms with van der Waals surface area (Å²) in [5.41, 5.74) is 0. The van der Waals surface area contributed by atoms with Crippen molar-refractivity contribution in [3.05, 3.63) is 0 Å². The number of hydrogen-bond acceptors (Lipinski definition) is 3. The number of ether oxygens (including phenoxy) is 1. The predicted octanol–water partition coefficient (Wildman–Crippen LogP) is 1.75. The van der Waals surface area contributed by atoms with Crippen LogP contribution in [0.15, 0.2) is 0 Å². The van der Waals surface area contributed by atoms with Crippen molar-refractivity contribution in [2.45, 2.75) is 39.5 Å². The molecule has 0 heterocycles. The quantitative estimate of drug-likeness (QED) is 0.751. The van der Waals surface area contributed by atoms with Gasteiger partial charge in [-0.25, -0.2) is 4.79 Å². The van der Waals surface area contributed by atoms with Crippen molar-refractivity contribution in [2.24, 2.45) is 0 Å². The van der Waals surface area contributed by atoms with Gasteiger partial charge in [-0.1, -0.05) is 19.6 Å². The van der Waals surface area contributed by atoms with Crippen LogP contribution in [0, 0.1) is 0 Å². The third-order valence-corrected chi connectivity index (χ3v) is 3.95. The Morgan fingerprint density at radius 3 is 2.13 bits per heavy atom. The average Bonchev–Trinajstić information content (AvgIpc) is 2.01. The standard InChI is InChI=1S/C9H19NO4Si/c1-6-14-9(13)10(15(3,4)5)7(2)8(11)12/h7H,6H2,1-5H3,(H,11,12). The van der Waals surface area contributed by atoms with Crippen LogP contribution in [0.3, 0.4) is 0 Å². The first-order chi connectivity index (χ1) is 6.71. The minimum Gasteiger partial charge on any atom is -0.480 e. The molecule has 0 radical (unpaired) electrons. The van der Waals surface area contributed by atoms with Crippen molar-refractivity contribution in [3.63, 3.8) is 0 Å². The van der Waals surface area contributed by atoms with Gasteiger partial charge in [0.15, 0.2) is 8.24 Å². The second kappa shape index (κ2) is 5.15. The van der Waals surface area contributed by atoms with Crippen molar-refractivity contribution in [1.82, 2.24) is 4.57 Å². The molecule has 1 atom stereocenters. The molecule has 0 aliphatic heterocycles. The Kier molecular flexibility index (Phi) is 4.80. The van der Waals surface area contributed by atoms with Crippen LogP contribution in [0.2, 0.25) is 19.6 Å². The molecule has 0 aromatic carbocycles. The average molecular weight is 233 g/mol. The molecule has 5 nitrogen and oxygen atoms in total. The van der Waals surface area contributed by atoms with Crippen molar-refractivity contribution in [2.75, 3.05) is 6.61 Å². The summed E-state index contributed by atoms with van der Waals surface area (Å²) in [7, 11) is -2.03. The Balaban J connectivity index is 4.90. The molecule has 0 fully saturated rings. The highest BCUT2D eigenvalue weighted by Gasteiger charge is 2.36. The first-order valence-electron chi connectivity index (χ1n) is 4.90. The number of carboxylic acids is 1. The van der Waals surface area contributed by atoms with Crippen molar-refractivity contribution in [1.29, 1.82) is 0 Å². The summed E-state index contributed by atoms with van der Waals surface area (Å²) in [5.74, 6) is -1.01. The van der Waals surface area contributed by atoms with Crippen LogP contribution in [-0.2, 0) is 9.53 Å². The largest absolute Gasteiger partial charge is 0.480 e. The van der Waals surface area contributed by atoms with E-state index in [1.165, 1.54) is 11.5 Å². The van der Waals surface area contributed by atoms with E-state index in [0.29, 0.717) is 0 Å². The summed E-state index contributed by atoms with van der Waals surface area (Å²) < 4.78 is 6.22. The fourth-order valence-corrected chi connectivity index (χ4v) is 3.20. The van der Waals surface area contributed by atoms with Gasteiger partial charge in [0.1, 0.15) is 6.04 Å². The van der Waals surface area contributed by atoms with E-state index in [1.54, 1.807) is 6.92 Å². The number of nitrogens with zero attached hydrogens (tertiary/aromatic N) is 1. The van der Waals surface area contributed by atoms with Gasteiger partial charge in [-0.3, -0.25) is 4.79 Å². The van der Waals surface area contributed by atoms with Gasteiger partial charge < -0.3 is 14.4 Å². The zero-order chi connectivity index (χ0) is 12.2. The van der Waals surface area contributed by atoms with Gasteiger partial charge in [0, 0.05) is 0 Å². The van der Waals surface area contributed by atoms with E-state index >= 15 is 0 Å². The van der Waals surface area contributed by atoms with Gasteiger partial charge in [0.05, 0.1) is 6.61 Å². The molecule has 0 aromatic heterocycles. The number of amides is 1. The van der Waals surface area contributed by atoms with E-state index in [9.17, 15) is 9.59 Å². The third kappa shape index (κ3) is 3.91. The molecule has 88 valence electrons. The minimum absolute atomic E-state index is 0.256. The molecule has 1 amide bonds. The number of carbonyl (C=O) groups is 2. The second-order valence-corrected chi connectivity index (χ2v) is 9.08. The molecule has 6 heteroatoms. The number of carboxylic acid groups (broad SMARTS) is 1. The Hall–Kier alpha value is -1.04. The third-order valence-electron chi connectivity index (χ3n) is 1.93. The highest BCUT2D eigenvalue weighted by molar-refractivity contribution is 6.75.